The van der Waals surface area contributed by atoms with E-state index in [0.29, 0.717) is 10.0 Å². The van der Waals surface area contributed by atoms with Crippen LogP contribution in [0.25, 0.3) is 0 Å². The highest BCUT2D eigenvalue weighted by atomic mass is 35.5. The van der Waals surface area contributed by atoms with Gasteiger partial charge in [-0.1, -0.05) is 29.3 Å². The van der Waals surface area contributed by atoms with E-state index in [1.54, 1.807) is 6.07 Å². The summed E-state index contributed by atoms with van der Waals surface area (Å²) in [7, 11) is 0. The molecule has 2 N–H and O–H groups in total. The van der Waals surface area contributed by atoms with E-state index in [1.807, 2.05) is 19.1 Å². The molecule has 2 atom stereocenters. The molecule has 1 spiro atoms. The first-order valence-corrected chi connectivity index (χ1v) is 8.23. The molecule has 1 aromatic carbocycles. The van der Waals surface area contributed by atoms with Crippen LogP contribution in [0.5, 0.6) is 0 Å². The van der Waals surface area contributed by atoms with E-state index in [-0.39, 0.29) is 23.3 Å². The fraction of sp³-hybridized carbons (Fsp3) is 0.562. The first kappa shape index (κ1) is 15.1. The number of carbonyl (C=O) groups is 1. The third-order valence-electron chi connectivity index (χ3n) is 4.91. The Morgan fingerprint density at radius 2 is 2.05 bits per heavy atom. The molecule has 1 heterocycles. The molecule has 21 heavy (non-hydrogen) atoms. The van der Waals surface area contributed by atoms with Crippen LogP contribution in [0.2, 0.25) is 10.0 Å². The third kappa shape index (κ3) is 3.05. The second kappa shape index (κ2) is 5.79. The van der Waals surface area contributed by atoms with E-state index in [9.17, 15) is 4.79 Å². The van der Waals surface area contributed by atoms with Crippen molar-refractivity contribution in [3.63, 3.8) is 0 Å². The molecule has 2 fully saturated rings. The Morgan fingerprint density at radius 1 is 1.33 bits per heavy atom. The van der Waals surface area contributed by atoms with E-state index in [0.717, 1.165) is 37.9 Å². The predicted octanol–water partition coefficient (Wildman–Crippen LogP) is 3.56. The number of rotatable bonds is 3. The van der Waals surface area contributed by atoms with Gasteiger partial charge in [0.2, 0.25) is 5.91 Å². The van der Waals surface area contributed by atoms with Gasteiger partial charge in [0.15, 0.2) is 0 Å². The Bertz CT molecular complexity index is 555. The summed E-state index contributed by atoms with van der Waals surface area (Å²) >= 11 is 12.0. The van der Waals surface area contributed by atoms with Crippen molar-refractivity contribution in [2.45, 2.75) is 32.2 Å². The molecule has 1 amide bonds. The summed E-state index contributed by atoms with van der Waals surface area (Å²) < 4.78 is 0. The number of carbonyl (C=O) groups excluding carboxylic acids is 1. The van der Waals surface area contributed by atoms with Gasteiger partial charge in [0.05, 0.1) is 16.1 Å². The van der Waals surface area contributed by atoms with Crippen molar-refractivity contribution in [3.8, 4) is 0 Å². The highest BCUT2D eigenvalue weighted by Crippen LogP contribution is 2.58. The van der Waals surface area contributed by atoms with Gasteiger partial charge in [-0.3, -0.25) is 4.79 Å². The fourth-order valence-electron chi connectivity index (χ4n) is 3.37. The van der Waals surface area contributed by atoms with Crippen molar-refractivity contribution in [3.05, 3.63) is 33.8 Å². The van der Waals surface area contributed by atoms with Crippen LogP contribution in [-0.4, -0.2) is 19.0 Å². The standard InChI is InChI=1S/C16H20Cl2N2O/c1-10(11-2-3-13(17)14(18)8-11)20-15(21)12-9-16(12)4-6-19-7-5-16/h2-3,8,10,12,19H,4-7,9H2,1H3,(H,20,21). The van der Waals surface area contributed by atoms with E-state index in [4.69, 9.17) is 23.2 Å². The normalized spacial score (nSPS) is 24.6. The Labute approximate surface area is 135 Å². The first-order chi connectivity index (χ1) is 10.0. The van der Waals surface area contributed by atoms with Crippen LogP contribution in [0.4, 0.5) is 0 Å². The lowest BCUT2D eigenvalue weighted by atomic mass is 9.91. The summed E-state index contributed by atoms with van der Waals surface area (Å²) in [5.74, 6) is 0.361. The van der Waals surface area contributed by atoms with Gasteiger partial charge in [-0.05, 0) is 62.4 Å². The SMILES string of the molecule is CC(NC(=O)C1CC12CCNCC2)c1ccc(Cl)c(Cl)c1. The zero-order valence-electron chi connectivity index (χ0n) is 12.1. The highest BCUT2D eigenvalue weighted by Gasteiger charge is 2.57. The minimum Gasteiger partial charge on any atom is -0.349 e. The van der Waals surface area contributed by atoms with Gasteiger partial charge in [0, 0.05) is 5.92 Å². The van der Waals surface area contributed by atoms with Gasteiger partial charge in [-0.25, -0.2) is 0 Å². The molecule has 3 nitrogen and oxygen atoms in total. The Kier molecular flexibility index (Phi) is 4.17. The van der Waals surface area contributed by atoms with Crippen LogP contribution in [0.3, 0.4) is 0 Å². The average Bonchev–Trinajstić information content (AvgIpc) is 3.16. The van der Waals surface area contributed by atoms with Crippen LogP contribution in [-0.2, 0) is 4.79 Å². The minimum atomic E-state index is -0.0494. The molecule has 1 aromatic rings. The molecule has 5 heteroatoms. The van der Waals surface area contributed by atoms with Gasteiger partial charge in [-0.2, -0.15) is 0 Å². The first-order valence-electron chi connectivity index (χ1n) is 7.48. The lowest BCUT2D eigenvalue weighted by molar-refractivity contribution is -0.123. The third-order valence-corrected chi connectivity index (χ3v) is 5.65. The van der Waals surface area contributed by atoms with E-state index in [2.05, 4.69) is 10.6 Å². The maximum Gasteiger partial charge on any atom is 0.224 e. The second-order valence-corrected chi connectivity index (χ2v) is 7.09. The van der Waals surface area contributed by atoms with Crippen molar-refractivity contribution in [2.75, 3.05) is 13.1 Å². The number of hydrogen-bond acceptors (Lipinski definition) is 2. The van der Waals surface area contributed by atoms with Crippen molar-refractivity contribution < 1.29 is 4.79 Å². The van der Waals surface area contributed by atoms with Gasteiger partial charge < -0.3 is 10.6 Å². The van der Waals surface area contributed by atoms with E-state index >= 15 is 0 Å². The largest absolute Gasteiger partial charge is 0.349 e. The van der Waals surface area contributed by atoms with Crippen molar-refractivity contribution in [1.29, 1.82) is 0 Å². The molecule has 0 radical (unpaired) electrons. The molecule has 1 aliphatic carbocycles. The van der Waals surface area contributed by atoms with Crippen molar-refractivity contribution in [1.82, 2.24) is 10.6 Å². The Hall–Kier alpha value is -0.770. The molecule has 0 bridgehead atoms. The number of halogens is 2. The van der Waals surface area contributed by atoms with Crippen LogP contribution in [0, 0.1) is 11.3 Å². The van der Waals surface area contributed by atoms with Gasteiger partial charge in [0.25, 0.3) is 0 Å². The molecule has 2 unspecified atom stereocenters. The van der Waals surface area contributed by atoms with E-state index < -0.39 is 0 Å². The quantitative estimate of drug-likeness (QED) is 0.891. The summed E-state index contributed by atoms with van der Waals surface area (Å²) in [5.41, 5.74) is 1.25. The molecule has 3 rings (SSSR count). The minimum absolute atomic E-state index is 0.0494. The topological polar surface area (TPSA) is 41.1 Å². The second-order valence-electron chi connectivity index (χ2n) is 6.27. The van der Waals surface area contributed by atoms with Gasteiger partial charge in [0.1, 0.15) is 0 Å². The number of amides is 1. The number of piperidine rings is 1. The summed E-state index contributed by atoms with van der Waals surface area (Å²) in [6, 6.07) is 5.45. The maximum atomic E-state index is 12.4. The predicted molar refractivity (Wildman–Crippen MR) is 85.7 cm³/mol. The molecule has 1 saturated carbocycles. The van der Waals surface area contributed by atoms with Crippen molar-refractivity contribution >= 4 is 29.1 Å². The van der Waals surface area contributed by atoms with Crippen LogP contribution in [0.15, 0.2) is 18.2 Å². The Balaban J connectivity index is 1.61. The van der Waals surface area contributed by atoms with Gasteiger partial charge in [-0.15, -0.1) is 0 Å². The zero-order valence-corrected chi connectivity index (χ0v) is 13.6. The van der Waals surface area contributed by atoms with Gasteiger partial charge >= 0.3 is 0 Å². The zero-order chi connectivity index (χ0) is 15.0. The lowest BCUT2D eigenvalue weighted by Gasteiger charge is -2.24. The summed E-state index contributed by atoms with van der Waals surface area (Å²) in [4.78, 5) is 12.4. The number of nitrogens with one attached hydrogen (secondary N) is 2. The monoisotopic (exact) mass is 326 g/mol. The lowest BCUT2D eigenvalue weighted by Crippen LogP contribution is -2.34. The Morgan fingerprint density at radius 3 is 2.71 bits per heavy atom. The molecule has 0 aromatic heterocycles. The smallest absolute Gasteiger partial charge is 0.224 e. The van der Waals surface area contributed by atoms with Crippen LogP contribution < -0.4 is 10.6 Å². The molecular weight excluding hydrogens is 307 g/mol. The number of hydrogen-bond donors (Lipinski definition) is 2. The van der Waals surface area contributed by atoms with E-state index in [1.165, 1.54) is 0 Å². The summed E-state index contributed by atoms with van der Waals surface area (Å²) in [5, 5.41) is 7.54. The maximum absolute atomic E-state index is 12.4. The molecule has 1 aliphatic heterocycles. The van der Waals surface area contributed by atoms with Crippen LogP contribution in [0.1, 0.15) is 37.8 Å². The van der Waals surface area contributed by atoms with Crippen LogP contribution >= 0.6 is 23.2 Å². The molecular formula is C16H20Cl2N2O. The molecule has 114 valence electrons. The molecule has 1 saturated heterocycles. The highest BCUT2D eigenvalue weighted by molar-refractivity contribution is 6.42. The summed E-state index contributed by atoms with van der Waals surface area (Å²) in [6.45, 7) is 4.05. The summed E-state index contributed by atoms with van der Waals surface area (Å²) in [6.07, 6.45) is 3.27. The van der Waals surface area contributed by atoms with Crippen molar-refractivity contribution in [2.24, 2.45) is 11.3 Å². The number of benzene rings is 1. The average molecular weight is 327 g/mol. The molecule has 2 aliphatic rings. The fourth-order valence-corrected chi connectivity index (χ4v) is 3.68.